The first-order valence-corrected chi connectivity index (χ1v) is 17.5. The molecule has 5 aliphatic heterocycles. The summed E-state index contributed by atoms with van der Waals surface area (Å²) < 4.78 is 21.9. The molecule has 0 saturated carbocycles. The summed E-state index contributed by atoms with van der Waals surface area (Å²) in [7, 11) is 0. The quantitative estimate of drug-likeness (QED) is 0.0998. The third-order valence-electron chi connectivity index (χ3n) is 10.4. The molecule has 2 spiro atoms. The highest BCUT2D eigenvalue weighted by molar-refractivity contribution is 5.82. The van der Waals surface area contributed by atoms with E-state index in [1.165, 1.54) is 19.3 Å². The van der Waals surface area contributed by atoms with Crippen molar-refractivity contribution in [3.8, 4) is 0 Å². The zero-order chi connectivity index (χ0) is 30.3. The number of aliphatic carboxylic acids is 1. The van der Waals surface area contributed by atoms with Crippen molar-refractivity contribution in [1.29, 1.82) is 0 Å². The molecule has 0 aromatic heterocycles. The van der Waals surface area contributed by atoms with Crippen LogP contribution in [0, 0.1) is 5.92 Å². The topological polar surface area (TPSA) is 109 Å². The Hall–Kier alpha value is -2.13. The van der Waals surface area contributed by atoms with E-state index in [1.807, 2.05) is 0 Å². The number of unbranched alkanes of at least 4 members (excludes halogenated alkanes) is 8. The standard InChI is InChI=1S/C34H55N3O6/c1-3-27-17-12-13-21-33(43-27)24-26-19-20-28-30(34(22-15-16-25(2)42-34)36-32(35-33)37(26)28)31(40)41-23-14-10-8-6-4-5-7-9-11-18-29(38)39/h12,17,25-28,30H,3-11,13-16,18-24H2,1-2H3,(H2,35,36,38,39)/p+1/t25-,26+,27+,28-,30-,33+,34-/m1/s1. The van der Waals surface area contributed by atoms with Crippen LogP contribution in [0.25, 0.3) is 0 Å². The van der Waals surface area contributed by atoms with E-state index in [4.69, 9.17) is 19.3 Å². The third-order valence-corrected chi connectivity index (χ3v) is 10.4. The molecule has 5 rings (SSSR count). The zero-order valence-electron chi connectivity index (χ0n) is 26.6. The number of rotatable bonds is 14. The maximum atomic E-state index is 13.9. The van der Waals surface area contributed by atoms with Crippen LogP contribution in [0.2, 0.25) is 0 Å². The Kier molecular flexibility index (Phi) is 11.1. The van der Waals surface area contributed by atoms with E-state index >= 15 is 0 Å². The fraction of sp³-hybridized carbons (Fsp3) is 0.853. The fourth-order valence-electron chi connectivity index (χ4n) is 8.27. The number of guanidine groups is 1. The number of carboxylic acids is 1. The summed E-state index contributed by atoms with van der Waals surface area (Å²) >= 11 is 0. The molecule has 9 nitrogen and oxygen atoms in total. The molecule has 2 fully saturated rings. The maximum Gasteiger partial charge on any atom is 0.350 e. The van der Waals surface area contributed by atoms with Gasteiger partial charge < -0.3 is 19.3 Å². The first-order chi connectivity index (χ1) is 20.8. The van der Waals surface area contributed by atoms with Crippen LogP contribution in [-0.4, -0.2) is 69.9 Å². The lowest BCUT2D eigenvalue weighted by molar-refractivity contribution is -0.609. The van der Waals surface area contributed by atoms with Gasteiger partial charge in [-0.2, -0.15) is 0 Å². The van der Waals surface area contributed by atoms with Gasteiger partial charge in [-0.3, -0.25) is 14.2 Å². The predicted octanol–water partition coefficient (Wildman–Crippen LogP) is 5.75. The predicted molar refractivity (Wildman–Crippen MR) is 165 cm³/mol. The van der Waals surface area contributed by atoms with E-state index in [2.05, 4.69) is 41.2 Å². The Morgan fingerprint density at radius 3 is 2.47 bits per heavy atom. The van der Waals surface area contributed by atoms with Crippen molar-refractivity contribution in [3.05, 3.63) is 12.2 Å². The molecule has 2 saturated heterocycles. The Bertz CT molecular complexity index is 1030. The molecule has 0 amide bonds. The minimum Gasteiger partial charge on any atom is -0.481 e. The van der Waals surface area contributed by atoms with Crippen LogP contribution in [0.4, 0.5) is 0 Å². The number of esters is 1. The van der Waals surface area contributed by atoms with E-state index in [0.29, 0.717) is 12.6 Å². The largest absolute Gasteiger partial charge is 0.481 e. The van der Waals surface area contributed by atoms with Gasteiger partial charge in [-0.1, -0.05) is 64.0 Å². The number of carbonyl (C=O) groups excluding carboxylic acids is 1. The summed E-state index contributed by atoms with van der Waals surface area (Å²) in [6, 6.07) is 0.389. The van der Waals surface area contributed by atoms with Crippen molar-refractivity contribution < 1.29 is 33.5 Å². The van der Waals surface area contributed by atoms with E-state index in [1.54, 1.807) is 0 Å². The highest BCUT2D eigenvalue weighted by atomic mass is 16.6. The van der Waals surface area contributed by atoms with Gasteiger partial charge in [0.2, 0.25) is 5.72 Å². The normalized spacial score (nSPS) is 34.9. The monoisotopic (exact) mass is 602 g/mol. The van der Waals surface area contributed by atoms with Gasteiger partial charge in [0, 0.05) is 25.7 Å². The number of carboxylic acid groups (broad SMARTS) is 1. The first-order valence-electron chi connectivity index (χ1n) is 17.5. The first kappa shape index (κ1) is 32.3. The summed E-state index contributed by atoms with van der Waals surface area (Å²) in [5.41, 5.74) is -1.17. The second-order valence-electron chi connectivity index (χ2n) is 13.7. The molecule has 5 aliphatic rings. The van der Waals surface area contributed by atoms with Crippen LogP contribution >= 0.6 is 0 Å². The van der Waals surface area contributed by atoms with Gasteiger partial charge in [-0.05, 0) is 58.3 Å². The van der Waals surface area contributed by atoms with E-state index in [-0.39, 0.29) is 36.6 Å². The van der Waals surface area contributed by atoms with Crippen molar-refractivity contribution in [1.82, 2.24) is 10.6 Å². The number of carbonyl (C=O) groups is 2. The Morgan fingerprint density at radius 1 is 1.00 bits per heavy atom. The zero-order valence-corrected chi connectivity index (χ0v) is 26.6. The molecule has 0 bridgehead atoms. The van der Waals surface area contributed by atoms with Crippen molar-refractivity contribution in [2.24, 2.45) is 5.92 Å². The number of allylic oxidation sites excluding steroid dienone is 1. The molecule has 7 atom stereocenters. The molecule has 0 unspecified atom stereocenters. The smallest absolute Gasteiger partial charge is 0.350 e. The molecule has 242 valence electrons. The Balaban J connectivity index is 1.16. The SMILES string of the molecule is CC[C@H]1C=CCC[C@@]2(C[C@@H]3CC[C@@H]4[C@H](C(=O)OCCCCCCCCCCCC(=O)O)[C@]5(CCC[C@@H](C)O5)NC(=[N+]34)N2)O1. The summed E-state index contributed by atoms with van der Waals surface area (Å²) in [6.07, 6.45) is 23.1. The number of hydrogen-bond donors (Lipinski definition) is 3. The number of nitrogens with one attached hydrogen (secondary N) is 2. The number of ether oxygens (including phenoxy) is 3. The fourth-order valence-corrected chi connectivity index (χ4v) is 8.27. The van der Waals surface area contributed by atoms with Crippen LogP contribution in [0.5, 0.6) is 0 Å². The van der Waals surface area contributed by atoms with Crippen LogP contribution in [0.3, 0.4) is 0 Å². The molecular weight excluding hydrogens is 546 g/mol. The molecule has 0 aromatic rings. The lowest BCUT2D eigenvalue weighted by Crippen LogP contribution is -2.76. The van der Waals surface area contributed by atoms with Crippen molar-refractivity contribution >= 4 is 17.9 Å². The van der Waals surface area contributed by atoms with E-state index in [9.17, 15) is 9.59 Å². The lowest BCUT2D eigenvalue weighted by atomic mass is 9.80. The number of nitrogens with zero attached hydrogens (tertiary/aromatic N) is 1. The van der Waals surface area contributed by atoms with E-state index in [0.717, 1.165) is 102 Å². The van der Waals surface area contributed by atoms with Crippen molar-refractivity contribution in [2.75, 3.05) is 6.61 Å². The van der Waals surface area contributed by atoms with Crippen LogP contribution in [-0.2, 0) is 23.8 Å². The molecule has 0 aromatic carbocycles. The van der Waals surface area contributed by atoms with Gasteiger partial charge in [-0.25, -0.2) is 10.6 Å². The minimum atomic E-state index is -0.761. The van der Waals surface area contributed by atoms with Crippen LogP contribution in [0.1, 0.15) is 136 Å². The molecule has 0 aliphatic carbocycles. The number of hydrogen-bond acceptors (Lipinski definition) is 7. The Labute approximate surface area is 258 Å². The molecule has 43 heavy (non-hydrogen) atoms. The van der Waals surface area contributed by atoms with Crippen LogP contribution in [0.15, 0.2) is 12.2 Å². The van der Waals surface area contributed by atoms with Crippen LogP contribution < -0.4 is 10.6 Å². The minimum absolute atomic E-state index is 0.0604. The highest BCUT2D eigenvalue weighted by Gasteiger charge is 2.64. The average molecular weight is 603 g/mol. The Morgan fingerprint density at radius 2 is 1.74 bits per heavy atom. The molecule has 0 radical (unpaired) electrons. The van der Waals surface area contributed by atoms with E-state index < -0.39 is 17.4 Å². The summed E-state index contributed by atoms with van der Waals surface area (Å²) in [5, 5.41) is 16.3. The van der Waals surface area contributed by atoms with Crippen molar-refractivity contribution in [2.45, 2.75) is 172 Å². The molecule has 9 heteroatoms. The van der Waals surface area contributed by atoms with Gasteiger partial charge in [0.15, 0.2) is 11.6 Å². The van der Waals surface area contributed by atoms with Gasteiger partial charge in [-0.15, -0.1) is 0 Å². The van der Waals surface area contributed by atoms with Gasteiger partial charge >= 0.3 is 17.9 Å². The van der Waals surface area contributed by atoms with Crippen molar-refractivity contribution in [3.63, 3.8) is 0 Å². The average Bonchev–Trinajstić information content (AvgIpc) is 3.27. The summed E-state index contributed by atoms with van der Waals surface area (Å²) in [5.74, 6) is -0.193. The molecule has 5 heterocycles. The second-order valence-corrected chi connectivity index (χ2v) is 13.7. The third kappa shape index (κ3) is 7.75. The second kappa shape index (κ2) is 14.8. The summed E-state index contributed by atoms with van der Waals surface area (Å²) in [4.78, 5) is 24.5. The van der Waals surface area contributed by atoms with Gasteiger partial charge in [0.05, 0.1) is 30.9 Å². The van der Waals surface area contributed by atoms with Gasteiger partial charge in [0.25, 0.3) is 0 Å². The maximum absolute atomic E-state index is 13.9. The lowest BCUT2D eigenvalue weighted by Gasteiger charge is -2.50. The summed E-state index contributed by atoms with van der Waals surface area (Å²) in [6.45, 7) is 4.76. The highest BCUT2D eigenvalue weighted by Crippen LogP contribution is 2.45. The molecular formula is C34H56N3O6+. The van der Waals surface area contributed by atoms with Gasteiger partial charge in [0.1, 0.15) is 0 Å². The molecule has 3 N–H and O–H groups in total.